The number of aryl methyl sites for hydroxylation is 1. The van der Waals surface area contributed by atoms with E-state index in [1.807, 2.05) is 18.5 Å². The van der Waals surface area contributed by atoms with E-state index >= 15 is 0 Å². The first-order valence-corrected chi connectivity index (χ1v) is 6.24. The van der Waals surface area contributed by atoms with Crippen molar-refractivity contribution in [1.82, 2.24) is 14.7 Å². The van der Waals surface area contributed by atoms with Crippen molar-refractivity contribution >= 4 is 10.9 Å². The van der Waals surface area contributed by atoms with Crippen molar-refractivity contribution in [3.8, 4) is 0 Å². The van der Waals surface area contributed by atoms with E-state index in [4.69, 9.17) is 0 Å². The van der Waals surface area contributed by atoms with Crippen molar-refractivity contribution in [1.29, 1.82) is 0 Å². The Bertz CT molecular complexity index is 457. The van der Waals surface area contributed by atoms with Gasteiger partial charge < -0.3 is 4.90 Å². The van der Waals surface area contributed by atoms with Gasteiger partial charge in [-0.05, 0) is 32.6 Å². The lowest BCUT2D eigenvalue weighted by molar-refractivity contribution is 0.374. The number of fused-ring (bicyclic) bond motifs is 1. The molecule has 2 rings (SSSR count). The van der Waals surface area contributed by atoms with E-state index in [-0.39, 0.29) is 0 Å². The molecule has 1 aromatic heterocycles. The molecule has 2 aromatic rings. The second-order valence-electron chi connectivity index (χ2n) is 4.26. The third-order valence-electron chi connectivity index (χ3n) is 2.49. The summed E-state index contributed by atoms with van der Waals surface area (Å²) in [5.74, 6) is 0. The summed E-state index contributed by atoms with van der Waals surface area (Å²) in [6.07, 6.45) is 2.11. The average Bonchev–Trinajstić information content (AvgIpc) is 2.71. The van der Waals surface area contributed by atoms with Crippen molar-refractivity contribution in [3.05, 3.63) is 30.0 Å². The molecule has 17 heavy (non-hydrogen) atoms. The summed E-state index contributed by atoms with van der Waals surface area (Å²) in [5.41, 5.74) is 2.36. The van der Waals surface area contributed by atoms with Gasteiger partial charge in [-0.3, -0.25) is 4.68 Å². The highest BCUT2D eigenvalue weighted by Crippen LogP contribution is 2.13. The molecule has 0 saturated carbocycles. The highest BCUT2D eigenvalue weighted by molar-refractivity contribution is 5.78. The molecule has 0 bridgehead atoms. The molecule has 94 valence electrons. The predicted molar refractivity (Wildman–Crippen MR) is 74.4 cm³/mol. The summed E-state index contributed by atoms with van der Waals surface area (Å²) in [7, 11) is 4.15. The molecule has 0 aliphatic heterocycles. The summed E-state index contributed by atoms with van der Waals surface area (Å²) < 4.78 is 2.02. The third kappa shape index (κ3) is 3.86. The lowest BCUT2D eigenvalue weighted by Crippen LogP contribution is -2.18. The predicted octanol–water partition coefficient (Wildman–Crippen LogP) is 2.93. The number of hydrogen-bond acceptors (Lipinski definition) is 2. The smallest absolute Gasteiger partial charge is 0.0925 e. The van der Waals surface area contributed by atoms with Crippen LogP contribution in [0.5, 0.6) is 0 Å². The molecule has 1 heterocycles. The van der Waals surface area contributed by atoms with Crippen molar-refractivity contribution in [2.45, 2.75) is 27.3 Å². The van der Waals surface area contributed by atoms with Gasteiger partial charge in [-0.2, -0.15) is 5.10 Å². The fourth-order valence-electron chi connectivity index (χ4n) is 1.59. The van der Waals surface area contributed by atoms with E-state index in [0.717, 1.165) is 18.6 Å². The Kier molecular flexibility index (Phi) is 5.16. The number of likely N-dealkylation sites (N-methyl/N-ethyl adjacent to an activating group) is 1. The molecule has 0 unspecified atom stereocenters. The topological polar surface area (TPSA) is 21.1 Å². The molecule has 0 N–H and O–H groups in total. The Hall–Kier alpha value is -1.35. The van der Waals surface area contributed by atoms with Crippen molar-refractivity contribution in [2.75, 3.05) is 20.6 Å². The molecule has 0 spiro atoms. The summed E-state index contributed by atoms with van der Waals surface area (Å²) in [6.45, 7) is 8.06. The molecule has 1 aromatic carbocycles. The monoisotopic (exact) mass is 233 g/mol. The molecule has 0 amide bonds. The molecule has 0 radical (unpaired) electrons. The molecular formula is C14H23N3. The molecule has 3 nitrogen and oxygen atoms in total. The molecule has 0 aliphatic carbocycles. The summed E-state index contributed by atoms with van der Waals surface area (Å²) >= 11 is 0. The zero-order valence-corrected chi connectivity index (χ0v) is 11.6. The van der Waals surface area contributed by atoms with E-state index in [9.17, 15) is 0 Å². The van der Waals surface area contributed by atoms with Crippen LogP contribution in [0.1, 0.15) is 19.4 Å². The molecule has 0 saturated heterocycles. The van der Waals surface area contributed by atoms with Crippen LogP contribution in [0, 0.1) is 6.92 Å². The fourth-order valence-corrected chi connectivity index (χ4v) is 1.59. The molecule has 0 aliphatic rings. The van der Waals surface area contributed by atoms with Crippen LogP contribution in [-0.4, -0.2) is 35.3 Å². The second kappa shape index (κ2) is 6.40. The van der Waals surface area contributed by atoms with Crippen LogP contribution in [0.3, 0.4) is 0 Å². The highest BCUT2D eigenvalue weighted by atomic mass is 15.3. The van der Waals surface area contributed by atoms with Crippen LogP contribution in [0.2, 0.25) is 0 Å². The van der Waals surface area contributed by atoms with Crippen LogP contribution < -0.4 is 0 Å². The van der Waals surface area contributed by atoms with Gasteiger partial charge in [0, 0.05) is 18.1 Å². The van der Waals surface area contributed by atoms with Crippen LogP contribution in [-0.2, 0) is 6.54 Å². The van der Waals surface area contributed by atoms with Gasteiger partial charge in [-0.15, -0.1) is 0 Å². The minimum absolute atomic E-state index is 0.945. The zero-order valence-electron chi connectivity index (χ0n) is 11.6. The number of rotatable bonds is 3. The second-order valence-corrected chi connectivity index (χ2v) is 4.26. The normalized spacial score (nSPS) is 10.5. The lowest BCUT2D eigenvalue weighted by Gasteiger charge is -2.08. The van der Waals surface area contributed by atoms with Crippen LogP contribution in [0.25, 0.3) is 10.9 Å². The van der Waals surface area contributed by atoms with E-state index < -0.39 is 0 Å². The molecule has 0 atom stereocenters. The first-order chi connectivity index (χ1) is 8.15. The Morgan fingerprint density at radius 2 is 1.94 bits per heavy atom. The number of benzene rings is 1. The molecule has 3 heteroatoms. The van der Waals surface area contributed by atoms with Crippen LogP contribution in [0.4, 0.5) is 0 Å². The molecular weight excluding hydrogens is 210 g/mol. The van der Waals surface area contributed by atoms with Gasteiger partial charge in [0.2, 0.25) is 0 Å². The van der Waals surface area contributed by atoms with E-state index in [0.29, 0.717) is 0 Å². The van der Waals surface area contributed by atoms with Crippen molar-refractivity contribution in [3.63, 3.8) is 0 Å². The maximum Gasteiger partial charge on any atom is 0.0925 e. The molecule has 0 fully saturated rings. The average molecular weight is 233 g/mol. The Morgan fingerprint density at radius 1 is 1.24 bits per heavy atom. The quantitative estimate of drug-likeness (QED) is 0.812. The Labute approximate surface area is 104 Å². The lowest BCUT2D eigenvalue weighted by atomic mass is 10.2. The van der Waals surface area contributed by atoms with E-state index in [1.165, 1.54) is 10.9 Å². The van der Waals surface area contributed by atoms with Crippen molar-refractivity contribution < 1.29 is 0 Å². The van der Waals surface area contributed by atoms with Gasteiger partial charge in [-0.1, -0.05) is 26.0 Å². The number of aromatic nitrogens is 2. The Balaban J connectivity index is 0.000000686. The third-order valence-corrected chi connectivity index (χ3v) is 2.49. The number of hydrogen-bond donors (Lipinski definition) is 0. The van der Waals surface area contributed by atoms with Gasteiger partial charge in [0.25, 0.3) is 0 Å². The van der Waals surface area contributed by atoms with Gasteiger partial charge in [0.05, 0.1) is 12.1 Å². The van der Waals surface area contributed by atoms with Crippen LogP contribution >= 0.6 is 0 Å². The number of nitrogens with zero attached hydrogens (tertiary/aromatic N) is 3. The first kappa shape index (κ1) is 13.7. The van der Waals surface area contributed by atoms with Crippen molar-refractivity contribution in [2.24, 2.45) is 0 Å². The first-order valence-electron chi connectivity index (χ1n) is 6.24. The largest absolute Gasteiger partial charge is 0.308 e. The standard InChI is InChI=1S/C12H17N3.C2H6/c1-10-4-5-11-9-15(7-6-14(2)3)13-12(11)8-10;1-2/h4-5,8-9H,6-7H2,1-3H3;1-2H3. The summed E-state index contributed by atoms with van der Waals surface area (Å²) in [5, 5.41) is 5.76. The summed E-state index contributed by atoms with van der Waals surface area (Å²) in [4.78, 5) is 2.16. The fraction of sp³-hybridized carbons (Fsp3) is 0.500. The van der Waals surface area contributed by atoms with E-state index in [1.54, 1.807) is 0 Å². The van der Waals surface area contributed by atoms with Crippen LogP contribution in [0.15, 0.2) is 24.4 Å². The van der Waals surface area contributed by atoms with E-state index in [2.05, 4.69) is 55.4 Å². The minimum atomic E-state index is 0.945. The zero-order chi connectivity index (χ0) is 12.8. The van der Waals surface area contributed by atoms with Gasteiger partial charge in [0.1, 0.15) is 0 Å². The van der Waals surface area contributed by atoms with Gasteiger partial charge in [0.15, 0.2) is 0 Å². The minimum Gasteiger partial charge on any atom is -0.308 e. The maximum absolute atomic E-state index is 4.54. The Morgan fingerprint density at radius 3 is 2.59 bits per heavy atom. The summed E-state index contributed by atoms with van der Waals surface area (Å²) in [6, 6.07) is 6.38. The highest BCUT2D eigenvalue weighted by Gasteiger charge is 2.00. The maximum atomic E-state index is 4.54. The van der Waals surface area contributed by atoms with Gasteiger partial charge in [-0.25, -0.2) is 0 Å². The SMILES string of the molecule is CC.Cc1ccc2cn(CCN(C)C)nc2c1. The van der Waals surface area contributed by atoms with Gasteiger partial charge >= 0.3 is 0 Å².